The lowest BCUT2D eigenvalue weighted by Crippen LogP contribution is -2.49. The molecule has 0 aliphatic carbocycles. The van der Waals surface area contributed by atoms with Crippen molar-refractivity contribution in [3.05, 3.63) is 47.3 Å². The van der Waals surface area contributed by atoms with Crippen molar-refractivity contribution in [2.45, 2.75) is 25.2 Å². The molecule has 2 aliphatic heterocycles. The molecule has 0 unspecified atom stereocenters. The van der Waals surface area contributed by atoms with E-state index < -0.39 is 19.9 Å². The van der Waals surface area contributed by atoms with Crippen LogP contribution in [0.5, 0.6) is 0 Å². The van der Waals surface area contributed by atoms with Crippen LogP contribution in [0.4, 0.5) is 11.4 Å². The Morgan fingerprint density at radius 2 is 1.70 bits per heavy atom. The van der Waals surface area contributed by atoms with E-state index in [1.54, 1.807) is 4.90 Å². The van der Waals surface area contributed by atoms with E-state index in [-0.39, 0.29) is 27.8 Å². The number of hydrogen-bond acceptors (Lipinski definition) is 7. The number of amides is 1. The molecule has 2 fully saturated rings. The zero-order chi connectivity index (χ0) is 24.0. The summed E-state index contributed by atoms with van der Waals surface area (Å²) in [6, 6.07) is 8.25. The van der Waals surface area contributed by atoms with Crippen molar-refractivity contribution in [1.29, 1.82) is 0 Å². The van der Waals surface area contributed by atoms with Crippen molar-refractivity contribution < 1.29 is 21.6 Å². The van der Waals surface area contributed by atoms with Gasteiger partial charge in [-0.15, -0.1) is 0 Å². The first-order chi connectivity index (χ1) is 15.5. The van der Waals surface area contributed by atoms with Crippen LogP contribution >= 0.6 is 0 Å². The Kier molecular flexibility index (Phi) is 6.12. The summed E-state index contributed by atoms with van der Waals surface area (Å²) in [6.45, 7) is 6.30. The van der Waals surface area contributed by atoms with Gasteiger partial charge < -0.3 is 9.80 Å². The van der Waals surface area contributed by atoms with E-state index >= 15 is 0 Å². The maximum Gasteiger partial charge on any atom is 0.255 e. The zero-order valence-electron chi connectivity index (χ0n) is 19.0. The highest BCUT2D eigenvalue weighted by molar-refractivity contribution is 7.93. The van der Waals surface area contributed by atoms with Gasteiger partial charge in [0.2, 0.25) is 10.0 Å². The minimum atomic E-state index is -3.76. The molecular weight excluding hydrogens is 464 g/mol. The first kappa shape index (κ1) is 23.5. The molecule has 0 radical (unpaired) electrons. The second-order valence-electron chi connectivity index (χ2n) is 8.53. The Hall–Kier alpha value is -2.66. The van der Waals surface area contributed by atoms with Crippen LogP contribution in [0.2, 0.25) is 0 Å². The number of rotatable bonds is 4. The number of aromatic nitrogens is 1. The third-order valence-electron chi connectivity index (χ3n) is 6.09. The van der Waals surface area contributed by atoms with Crippen molar-refractivity contribution >= 4 is 37.1 Å². The normalized spacial score (nSPS) is 18.6. The van der Waals surface area contributed by atoms with Gasteiger partial charge in [-0.25, -0.2) is 16.8 Å². The Labute approximate surface area is 195 Å². The van der Waals surface area contributed by atoms with Crippen LogP contribution in [0.3, 0.4) is 0 Å². The molecule has 1 aromatic carbocycles. The fraction of sp³-hybridized carbons (Fsp3) is 0.455. The van der Waals surface area contributed by atoms with E-state index in [4.69, 9.17) is 0 Å². The Bertz CT molecular complexity index is 1300. The lowest BCUT2D eigenvalue weighted by Gasteiger charge is -2.36. The third-order valence-corrected chi connectivity index (χ3v) is 9.09. The molecule has 11 heteroatoms. The molecule has 33 heavy (non-hydrogen) atoms. The van der Waals surface area contributed by atoms with Gasteiger partial charge in [0.1, 0.15) is 0 Å². The third kappa shape index (κ3) is 4.70. The molecule has 0 saturated carbocycles. The summed E-state index contributed by atoms with van der Waals surface area (Å²) in [4.78, 5) is 21.5. The van der Waals surface area contributed by atoms with Gasteiger partial charge in [0, 0.05) is 44.7 Å². The van der Waals surface area contributed by atoms with Gasteiger partial charge in [0.15, 0.2) is 9.84 Å². The van der Waals surface area contributed by atoms with Crippen LogP contribution in [0, 0.1) is 13.8 Å². The molecule has 0 N–H and O–H groups in total. The highest BCUT2D eigenvalue weighted by atomic mass is 32.2. The van der Waals surface area contributed by atoms with Gasteiger partial charge in [-0.05, 0) is 50.6 Å². The fourth-order valence-corrected chi connectivity index (χ4v) is 6.86. The number of sulfone groups is 1. The first-order valence-corrected chi connectivity index (χ1v) is 14.3. The van der Waals surface area contributed by atoms with Crippen LogP contribution in [-0.2, 0) is 19.9 Å². The number of hydrogen-bond donors (Lipinski definition) is 0. The van der Waals surface area contributed by atoms with Gasteiger partial charge in [-0.3, -0.25) is 14.1 Å². The van der Waals surface area contributed by atoms with Gasteiger partial charge >= 0.3 is 0 Å². The predicted octanol–water partition coefficient (Wildman–Crippen LogP) is 1.60. The maximum atomic E-state index is 13.3. The summed E-state index contributed by atoms with van der Waals surface area (Å²) >= 11 is 0. The topological polar surface area (TPSA) is 108 Å². The Morgan fingerprint density at radius 1 is 1.00 bits per heavy atom. The van der Waals surface area contributed by atoms with Crippen LogP contribution < -0.4 is 9.21 Å². The molecule has 3 heterocycles. The predicted molar refractivity (Wildman–Crippen MR) is 127 cm³/mol. The highest BCUT2D eigenvalue weighted by Crippen LogP contribution is 2.30. The van der Waals surface area contributed by atoms with E-state index in [0.717, 1.165) is 23.3 Å². The van der Waals surface area contributed by atoms with E-state index in [9.17, 15) is 21.6 Å². The van der Waals surface area contributed by atoms with Gasteiger partial charge in [0.25, 0.3) is 5.91 Å². The number of benzene rings is 1. The number of sulfonamides is 1. The second kappa shape index (κ2) is 8.60. The molecule has 2 aliphatic rings. The van der Waals surface area contributed by atoms with Crippen molar-refractivity contribution in [2.75, 3.05) is 53.9 Å². The Morgan fingerprint density at radius 3 is 2.27 bits per heavy atom. The van der Waals surface area contributed by atoms with Gasteiger partial charge in [-0.2, -0.15) is 0 Å². The maximum absolute atomic E-state index is 13.3. The number of aryl methyl sites for hydroxylation is 2. The highest BCUT2D eigenvalue weighted by Gasteiger charge is 2.32. The molecule has 0 atom stereocenters. The average molecular weight is 493 g/mol. The van der Waals surface area contributed by atoms with Crippen molar-refractivity contribution in [3.8, 4) is 0 Å². The van der Waals surface area contributed by atoms with Crippen LogP contribution in [-0.4, -0.2) is 77.4 Å². The van der Waals surface area contributed by atoms with Crippen LogP contribution in [0.25, 0.3) is 0 Å². The first-order valence-electron chi connectivity index (χ1n) is 10.8. The molecule has 2 aromatic rings. The molecule has 0 spiro atoms. The summed E-state index contributed by atoms with van der Waals surface area (Å²) in [5, 5.41) is 0. The number of nitrogens with zero attached hydrogens (tertiary/aromatic N) is 4. The number of carbonyl (C=O) groups is 1. The molecule has 0 bridgehead atoms. The molecule has 9 nitrogen and oxygen atoms in total. The summed E-state index contributed by atoms with van der Waals surface area (Å²) in [5.41, 5.74) is 3.25. The molecular formula is C22H28N4O5S2. The van der Waals surface area contributed by atoms with Gasteiger partial charge in [0.05, 0.1) is 33.3 Å². The quantitative estimate of drug-likeness (QED) is 0.638. The molecule has 1 amide bonds. The van der Waals surface area contributed by atoms with Crippen molar-refractivity contribution in [3.63, 3.8) is 0 Å². The number of carbonyl (C=O) groups excluding carboxylic acids is 1. The smallest absolute Gasteiger partial charge is 0.255 e. The number of anilines is 2. The summed E-state index contributed by atoms with van der Waals surface area (Å²) in [5.74, 6) is -0.341. The molecule has 2 saturated heterocycles. The monoisotopic (exact) mass is 492 g/mol. The van der Waals surface area contributed by atoms with Gasteiger partial charge in [-0.1, -0.05) is 0 Å². The summed E-state index contributed by atoms with van der Waals surface area (Å²) in [6.07, 6.45) is 1.52. The zero-order valence-corrected chi connectivity index (χ0v) is 20.6. The molecule has 178 valence electrons. The lowest BCUT2D eigenvalue weighted by molar-refractivity contribution is 0.0743. The minimum Gasteiger partial charge on any atom is -0.367 e. The summed E-state index contributed by atoms with van der Waals surface area (Å²) < 4.78 is 50.8. The van der Waals surface area contributed by atoms with E-state index in [0.29, 0.717) is 39.1 Å². The van der Waals surface area contributed by atoms with Crippen molar-refractivity contribution in [2.24, 2.45) is 0 Å². The number of pyridine rings is 1. The number of piperazine rings is 1. The SMILES string of the molecule is Cc1ccc(N2CCN(C(=O)c3ccc(N4CCCS4(=O)=O)cc3S(C)(=O)=O)CC2)c(C)n1. The second-order valence-corrected chi connectivity index (χ2v) is 12.5. The largest absolute Gasteiger partial charge is 0.367 e. The van der Waals surface area contributed by atoms with Crippen molar-refractivity contribution in [1.82, 2.24) is 9.88 Å². The molecule has 4 rings (SSSR count). The van der Waals surface area contributed by atoms with E-state index in [1.165, 1.54) is 22.5 Å². The van der Waals surface area contributed by atoms with Crippen LogP contribution in [0.1, 0.15) is 28.2 Å². The van der Waals surface area contributed by atoms with Crippen LogP contribution in [0.15, 0.2) is 35.2 Å². The fourth-order valence-electron chi connectivity index (χ4n) is 4.41. The van der Waals surface area contributed by atoms with E-state index in [1.807, 2.05) is 26.0 Å². The molecule has 1 aromatic heterocycles. The van der Waals surface area contributed by atoms with E-state index in [2.05, 4.69) is 9.88 Å². The average Bonchev–Trinajstić information content (AvgIpc) is 3.11. The minimum absolute atomic E-state index is 0.0299. The Balaban J connectivity index is 1.57. The lowest BCUT2D eigenvalue weighted by atomic mass is 10.1. The summed E-state index contributed by atoms with van der Waals surface area (Å²) in [7, 11) is -7.22. The standard InChI is InChI=1S/C22H28N4O5S2/c1-16-5-8-20(17(2)23-16)24-10-12-25(13-11-24)22(27)19-7-6-18(15-21(19)32(3,28)29)26-9-4-14-33(26,30)31/h5-8,15H,4,9-14H2,1-3H3.